The Bertz CT molecular complexity index is 811. The largest absolute Gasteiger partial charge is 0.461 e. The summed E-state index contributed by atoms with van der Waals surface area (Å²) in [6.07, 6.45) is 3.77. The summed E-state index contributed by atoms with van der Waals surface area (Å²) < 4.78 is 33.9. The number of ketones is 2. The second-order valence-electron chi connectivity index (χ2n) is 9.88. The van der Waals surface area contributed by atoms with Gasteiger partial charge in [0.15, 0.2) is 0 Å². The maximum absolute atomic E-state index is 14.3. The van der Waals surface area contributed by atoms with Gasteiger partial charge in [-0.15, -0.1) is 0 Å². The SMILES string of the molecule is CCCC(C)C(F)(F)C(=O)CC[C@H]1[C@H](O)CC(=O)[C@@H]1CCCCCCC(=O)OCc1ccccc1. The fourth-order valence-corrected chi connectivity index (χ4v) is 4.94. The van der Waals surface area contributed by atoms with E-state index in [1.165, 1.54) is 6.92 Å². The van der Waals surface area contributed by atoms with Gasteiger partial charge in [-0.1, -0.05) is 69.9 Å². The van der Waals surface area contributed by atoms with Gasteiger partial charge < -0.3 is 9.84 Å². The van der Waals surface area contributed by atoms with Crippen LogP contribution in [0.5, 0.6) is 0 Å². The molecule has 1 unspecified atom stereocenters. The summed E-state index contributed by atoms with van der Waals surface area (Å²) in [6, 6.07) is 9.49. The van der Waals surface area contributed by atoms with Gasteiger partial charge in [-0.3, -0.25) is 14.4 Å². The van der Waals surface area contributed by atoms with Crippen LogP contribution >= 0.6 is 0 Å². The molecule has 0 saturated heterocycles. The first-order chi connectivity index (χ1) is 16.7. The van der Waals surface area contributed by atoms with Gasteiger partial charge in [-0.05, 0) is 37.2 Å². The summed E-state index contributed by atoms with van der Waals surface area (Å²) in [5, 5.41) is 10.3. The van der Waals surface area contributed by atoms with Crippen molar-refractivity contribution >= 4 is 17.5 Å². The number of rotatable bonds is 16. The lowest BCUT2D eigenvalue weighted by Gasteiger charge is -2.24. The molecule has 4 atom stereocenters. The molecule has 1 aromatic carbocycles. The molecule has 7 heteroatoms. The van der Waals surface area contributed by atoms with Crippen molar-refractivity contribution < 1.29 is 33.0 Å². The zero-order valence-electron chi connectivity index (χ0n) is 21.0. The Morgan fingerprint density at radius 1 is 1.09 bits per heavy atom. The predicted molar refractivity (Wildman–Crippen MR) is 130 cm³/mol. The van der Waals surface area contributed by atoms with Crippen molar-refractivity contribution in [3.05, 3.63) is 35.9 Å². The van der Waals surface area contributed by atoms with E-state index in [4.69, 9.17) is 4.74 Å². The first-order valence-electron chi connectivity index (χ1n) is 13.0. The third-order valence-electron chi connectivity index (χ3n) is 7.14. The molecule has 2 rings (SSSR count). The van der Waals surface area contributed by atoms with Crippen molar-refractivity contribution in [1.29, 1.82) is 0 Å². The molecule has 1 aliphatic carbocycles. The quantitative estimate of drug-likeness (QED) is 0.223. The van der Waals surface area contributed by atoms with Crippen molar-refractivity contribution in [2.24, 2.45) is 17.8 Å². The molecule has 1 aromatic rings. The van der Waals surface area contributed by atoms with Gasteiger partial charge in [0.05, 0.1) is 6.10 Å². The van der Waals surface area contributed by atoms with E-state index >= 15 is 0 Å². The number of alkyl halides is 2. The third kappa shape index (κ3) is 9.10. The molecule has 0 aromatic heterocycles. The molecule has 0 heterocycles. The number of carbonyl (C=O) groups is 3. The molecule has 5 nitrogen and oxygen atoms in total. The molecular formula is C28H40F2O5. The Kier molecular flexibility index (Phi) is 12.0. The van der Waals surface area contributed by atoms with Gasteiger partial charge in [0.25, 0.3) is 0 Å². The minimum absolute atomic E-state index is 0.0272. The average molecular weight is 495 g/mol. The maximum Gasteiger partial charge on any atom is 0.307 e. The highest BCUT2D eigenvalue weighted by atomic mass is 19.3. The number of esters is 1. The van der Waals surface area contributed by atoms with Crippen LogP contribution in [0.2, 0.25) is 0 Å². The van der Waals surface area contributed by atoms with E-state index in [1.54, 1.807) is 6.92 Å². The zero-order valence-corrected chi connectivity index (χ0v) is 21.0. The summed E-state index contributed by atoms with van der Waals surface area (Å²) in [5.74, 6) is -6.61. The highest BCUT2D eigenvalue weighted by molar-refractivity contribution is 5.87. The molecule has 0 amide bonds. The van der Waals surface area contributed by atoms with Crippen LogP contribution in [-0.2, 0) is 25.7 Å². The topological polar surface area (TPSA) is 80.7 Å². The molecule has 0 aliphatic heterocycles. The summed E-state index contributed by atoms with van der Waals surface area (Å²) in [6.45, 7) is 3.46. The fourth-order valence-electron chi connectivity index (χ4n) is 4.94. The molecule has 1 saturated carbocycles. The normalized spacial score (nSPS) is 21.2. The third-order valence-corrected chi connectivity index (χ3v) is 7.14. The monoisotopic (exact) mass is 494 g/mol. The van der Waals surface area contributed by atoms with Crippen LogP contribution in [0.3, 0.4) is 0 Å². The van der Waals surface area contributed by atoms with Gasteiger partial charge in [0, 0.05) is 31.1 Å². The van der Waals surface area contributed by atoms with Gasteiger partial charge in [-0.25, -0.2) is 0 Å². The number of hydrogen-bond acceptors (Lipinski definition) is 5. The first kappa shape index (κ1) is 29.1. The maximum atomic E-state index is 14.3. The predicted octanol–water partition coefficient (Wildman–Crippen LogP) is 6.06. The van der Waals surface area contributed by atoms with E-state index in [0.29, 0.717) is 25.7 Å². The Balaban J connectivity index is 1.68. The van der Waals surface area contributed by atoms with Crippen molar-refractivity contribution in [1.82, 2.24) is 0 Å². The summed E-state index contributed by atoms with van der Waals surface area (Å²) in [4.78, 5) is 36.4. The van der Waals surface area contributed by atoms with Gasteiger partial charge in [0.1, 0.15) is 12.4 Å². The van der Waals surface area contributed by atoms with Crippen LogP contribution in [0.4, 0.5) is 8.78 Å². The molecule has 1 fully saturated rings. The van der Waals surface area contributed by atoms with Crippen molar-refractivity contribution in [3.63, 3.8) is 0 Å². The van der Waals surface area contributed by atoms with Crippen LogP contribution in [0.25, 0.3) is 0 Å². The Labute approximate surface area is 207 Å². The molecule has 196 valence electrons. The summed E-state index contributed by atoms with van der Waals surface area (Å²) in [7, 11) is 0. The Hall–Kier alpha value is -2.15. The van der Waals surface area contributed by atoms with Crippen molar-refractivity contribution in [3.8, 4) is 0 Å². The van der Waals surface area contributed by atoms with Gasteiger partial charge in [-0.2, -0.15) is 8.78 Å². The van der Waals surface area contributed by atoms with E-state index in [0.717, 1.165) is 24.8 Å². The lowest BCUT2D eigenvalue weighted by Crippen LogP contribution is -2.36. The number of Topliss-reactive ketones (excluding diaryl/α,β-unsaturated/α-hetero) is 2. The van der Waals surface area contributed by atoms with Crippen LogP contribution in [-0.4, -0.2) is 34.7 Å². The Morgan fingerprint density at radius 3 is 2.46 bits per heavy atom. The molecular weight excluding hydrogens is 454 g/mol. The first-order valence-corrected chi connectivity index (χ1v) is 13.0. The van der Waals surface area contributed by atoms with E-state index in [9.17, 15) is 28.3 Å². The minimum atomic E-state index is -3.37. The molecule has 0 spiro atoms. The van der Waals surface area contributed by atoms with E-state index < -0.39 is 35.6 Å². The number of hydrogen-bond donors (Lipinski definition) is 1. The van der Waals surface area contributed by atoms with E-state index in [-0.39, 0.29) is 44.0 Å². The van der Waals surface area contributed by atoms with Crippen LogP contribution in [0, 0.1) is 17.8 Å². The van der Waals surface area contributed by atoms with Crippen molar-refractivity contribution in [2.45, 2.75) is 103 Å². The fraction of sp³-hybridized carbons (Fsp3) is 0.679. The number of aliphatic hydroxyl groups is 1. The minimum Gasteiger partial charge on any atom is -0.461 e. The van der Waals surface area contributed by atoms with Gasteiger partial charge in [0.2, 0.25) is 5.78 Å². The lowest BCUT2D eigenvalue weighted by molar-refractivity contribution is -0.151. The smallest absolute Gasteiger partial charge is 0.307 e. The van der Waals surface area contributed by atoms with E-state index in [1.807, 2.05) is 30.3 Å². The lowest BCUT2D eigenvalue weighted by atomic mass is 9.84. The van der Waals surface area contributed by atoms with Crippen LogP contribution < -0.4 is 0 Å². The zero-order chi connectivity index (χ0) is 25.8. The number of unbranched alkanes of at least 4 members (excludes halogenated alkanes) is 3. The number of carbonyl (C=O) groups excluding carboxylic acids is 3. The summed E-state index contributed by atoms with van der Waals surface area (Å²) >= 11 is 0. The molecule has 0 radical (unpaired) electrons. The van der Waals surface area contributed by atoms with E-state index in [2.05, 4.69) is 0 Å². The van der Waals surface area contributed by atoms with Crippen LogP contribution in [0.1, 0.15) is 90.0 Å². The highest BCUT2D eigenvalue weighted by Gasteiger charge is 2.45. The number of benzene rings is 1. The second kappa shape index (κ2) is 14.4. The molecule has 0 bridgehead atoms. The van der Waals surface area contributed by atoms with Gasteiger partial charge >= 0.3 is 11.9 Å². The number of ether oxygens (including phenoxy) is 1. The second-order valence-corrected chi connectivity index (χ2v) is 9.88. The van der Waals surface area contributed by atoms with Crippen LogP contribution in [0.15, 0.2) is 30.3 Å². The molecule has 35 heavy (non-hydrogen) atoms. The average Bonchev–Trinajstić information content (AvgIpc) is 3.10. The number of aliphatic hydroxyl groups excluding tert-OH is 1. The van der Waals surface area contributed by atoms with Crippen molar-refractivity contribution in [2.75, 3.05) is 0 Å². The number of halogens is 2. The Morgan fingerprint density at radius 2 is 1.77 bits per heavy atom. The molecule has 1 N–H and O–H groups in total. The standard InChI is InChI=1S/C28H40F2O5/c1-3-11-20(2)28(29,30)26(33)17-16-23-22(24(31)18-25(23)32)14-9-4-5-10-15-27(34)35-19-21-12-7-6-8-13-21/h6-8,12-13,20,22-23,25,32H,3-5,9-11,14-19H2,1-2H3/t20?,22-,23-,25-/m1/s1. The summed E-state index contributed by atoms with van der Waals surface area (Å²) in [5.41, 5.74) is 0.944. The highest BCUT2D eigenvalue weighted by Crippen LogP contribution is 2.38. The molecule has 1 aliphatic rings.